The molecule has 5 nitrogen and oxygen atoms in total. The fraction of sp³-hybridized carbons (Fsp3) is 0. The van der Waals surface area contributed by atoms with E-state index < -0.39 is 0 Å². The highest BCUT2D eigenvalue weighted by Gasteiger charge is 2.11. The summed E-state index contributed by atoms with van der Waals surface area (Å²) in [5.41, 5.74) is 10.3. The molecule has 0 radical (unpaired) electrons. The Labute approximate surface area is 138 Å². The van der Waals surface area contributed by atoms with Gasteiger partial charge in [0.25, 0.3) is 0 Å². The molecule has 0 aliphatic carbocycles. The minimum absolute atomic E-state index is 0.209. The molecule has 4 rings (SSSR count). The van der Waals surface area contributed by atoms with Gasteiger partial charge in [0.15, 0.2) is 0 Å². The van der Waals surface area contributed by atoms with Gasteiger partial charge in [-0.1, -0.05) is 24.3 Å². The Bertz CT molecular complexity index is 1050. The first-order valence-corrected chi connectivity index (χ1v) is 7.47. The molecule has 0 aliphatic rings. The molecule has 0 atom stereocenters. The minimum Gasteiger partial charge on any atom is -0.508 e. The molecule has 0 saturated heterocycles. The number of rotatable bonds is 2. The number of phenolic OH excluding ortho intramolecular Hbond substituents is 1. The Morgan fingerprint density at radius 3 is 2.62 bits per heavy atom. The summed E-state index contributed by atoms with van der Waals surface area (Å²) in [5.74, 6) is 0.657. The van der Waals surface area contributed by atoms with Crippen LogP contribution in [-0.4, -0.2) is 20.1 Å². The first kappa shape index (κ1) is 14.1. The van der Waals surface area contributed by atoms with Crippen LogP contribution < -0.4 is 5.73 Å². The average molecular weight is 314 g/mol. The van der Waals surface area contributed by atoms with Crippen molar-refractivity contribution in [2.75, 3.05) is 5.73 Å². The lowest BCUT2D eigenvalue weighted by atomic mass is 9.98. The summed E-state index contributed by atoms with van der Waals surface area (Å²) in [4.78, 5) is 12.8. The summed E-state index contributed by atoms with van der Waals surface area (Å²) >= 11 is 0. The zero-order valence-electron chi connectivity index (χ0n) is 12.7. The normalized spacial score (nSPS) is 10.8. The second-order valence-corrected chi connectivity index (χ2v) is 5.44. The van der Waals surface area contributed by atoms with Gasteiger partial charge in [0, 0.05) is 22.7 Å². The van der Waals surface area contributed by atoms with Crippen LogP contribution in [0.5, 0.6) is 5.75 Å². The van der Waals surface area contributed by atoms with Gasteiger partial charge in [-0.25, -0.2) is 9.97 Å². The zero-order valence-corrected chi connectivity index (χ0v) is 12.7. The highest BCUT2D eigenvalue weighted by molar-refractivity contribution is 5.93. The van der Waals surface area contributed by atoms with E-state index in [-0.39, 0.29) is 5.75 Å². The van der Waals surface area contributed by atoms with E-state index in [2.05, 4.69) is 15.0 Å². The van der Waals surface area contributed by atoms with E-state index in [0.29, 0.717) is 5.82 Å². The number of nitrogens with zero attached hydrogens (tertiary/aromatic N) is 3. The van der Waals surface area contributed by atoms with E-state index in [9.17, 15) is 5.11 Å². The number of anilines is 1. The number of hydrogen-bond acceptors (Lipinski definition) is 5. The lowest BCUT2D eigenvalue weighted by Crippen LogP contribution is -1.94. The van der Waals surface area contributed by atoms with Crippen molar-refractivity contribution >= 4 is 16.7 Å². The third kappa shape index (κ3) is 2.42. The van der Waals surface area contributed by atoms with Gasteiger partial charge in [-0.2, -0.15) is 0 Å². The number of pyridine rings is 1. The van der Waals surface area contributed by atoms with Crippen LogP contribution in [0.25, 0.3) is 33.3 Å². The second-order valence-electron chi connectivity index (χ2n) is 5.44. The smallest absolute Gasteiger partial charge is 0.134 e. The van der Waals surface area contributed by atoms with Crippen LogP contribution in [0.1, 0.15) is 0 Å². The van der Waals surface area contributed by atoms with Crippen molar-refractivity contribution in [3.63, 3.8) is 0 Å². The molecule has 2 aromatic heterocycles. The second kappa shape index (κ2) is 5.62. The first-order chi connectivity index (χ1) is 11.7. The molecule has 4 aromatic rings. The fourth-order valence-corrected chi connectivity index (χ4v) is 2.77. The number of hydrogen-bond donors (Lipinski definition) is 2. The molecule has 0 bridgehead atoms. The van der Waals surface area contributed by atoms with Crippen LogP contribution in [0.15, 0.2) is 67.1 Å². The van der Waals surface area contributed by atoms with Gasteiger partial charge >= 0.3 is 0 Å². The van der Waals surface area contributed by atoms with Crippen LogP contribution in [0.4, 0.5) is 5.82 Å². The van der Waals surface area contributed by atoms with Crippen molar-refractivity contribution < 1.29 is 5.11 Å². The van der Waals surface area contributed by atoms with E-state index in [1.807, 2.05) is 36.4 Å². The standard InChI is InChI=1S/C19H14N4O/c20-19-16-10-12(6-7-17(16)22-11-23-19)15-5-2-8-21-18(15)13-3-1-4-14(24)9-13/h1-11,24H,(H2,20,22,23). The van der Waals surface area contributed by atoms with Gasteiger partial charge in [0.2, 0.25) is 0 Å². The van der Waals surface area contributed by atoms with E-state index in [1.54, 1.807) is 24.4 Å². The third-order valence-electron chi connectivity index (χ3n) is 3.90. The predicted molar refractivity (Wildman–Crippen MR) is 94.3 cm³/mol. The molecule has 0 saturated carbocycles. The van der Waals surface area contributed by atoms with Gasteiger partial charge < -0.3 is 10.8 Å². The molecule has 0 fully saturated rings. The number of nitrogens with two attached hydrogens (primary N) is 1. The molecule has 2 heterocycles. The van der Waals surface area contributed by atoms with Gasteiger partial charge in [0.05, 0.1) is 11.2 Å². The molecular formula is C19H14N4O. The largest absolute Gasteiger partial charge is 0.508 e. The first-order valence-electron chi connectivity index (χ1n) is 7.47. The minimum atomic E-state index is 0.209. The molecule has 5 heteroatoms. The number of phenols is 1. The lowest BCUT2D eigenvalue weighted by Gasteiger charge is -2.10. The Kier molecular flexibility index (Phi) is 3.31. The summed E-state index contributed by atoms with van der Waals surface area (Å²) < 4.78 is 0. The molecule has 116 valence electrons. The number of fused-ring (bicyclic) bond motifs is 1. The number of aromatic hydroxyl groups is 1. The monoisotopic (exact) mass is 314 g/mol. The van der Waals surface area contributed by atoms with E-state index >= 15 is 0 Å². The van der Waals surface area contributed by atoms with Crippen LogP contribution in [0.3, 0.4) is 0 Å². The molecule has 0 amide bonds. The molecule has 0 aliphatic heterocycles. The van der Waals surface area contributed by atoms with Crippen LogP contribution in [-0.2, 0) is 0 Å². The van der Waals surface area contributed by atoms with Crippen LogP contribution in [0.2, 0.25) is 0 Å². The van der Waals surface area contributed by atoms with Crippen molar-refractivity contribution in [3.8, 4) is 28.1 Å². The molecule has 0 unspecified atom stereocenters. The van der Waals surface area contributed by atoms with Crippen LogP contribution in [0, 0.1) is 0 Å². The molecule has 0 spiro atoms. The van der Waals surface area contributed by atoms with Crippen molar-refractivity contribution in [2.45, 2.75) is 0 Å². The number of benzene rings is 2. The summed E-state index contributed by atoms with van der Waals surface area (Å²) in [6, 6.07) is 16.8. The zero-order chi connectivity index (χ0) is 16.5. The summed E-state index contributed by atoms with van der Waals surface area (Å²) in [6.07, 6.45) is 3.20. The maximum absolute atomic E-state index is 9.75. The van der Waals surface area contributed by atoms with Crippen molar-refractivity contribution in [1.82, 2.24) is 15.0 Å². The number of aromatic nitrogens is 3. The van der Waals surface area contributed by atoms with E-state index in [0.717, 1.165) is 33.3 Å². The van der Waals surface area contributed by atoms with Crippen LogP contribution >= 0.6 is 0 Å². The Morgan fingerprint density at radius 2 is 1.75 bits per heavy atom. The van der Waals surface area contributed by atoms with Crippen molar-refractivity contribution in [1.29, 1.82) is 0 Å². The maximum Gasteiger partial charge on any atom is 0.134 e. The van der Waals surface area contributed by atoms with Gasteiger partial charge in [-0.3, -0.25) is 4.98 Å². The topological polar surface area (TPSA) is 84.9 Å². The number of nitrogen functional groups attached to an aromatic ring is 1. The molecule has 24 heavy (non-hydrogen) atoms. The van der Waals surface area contributed by atoms with Gasteiger partial charge in [-0.15, -0.1) is 0 Å². The van der Waals surface area contributed by atoms with Crippen molar-refractivity contribution in [2.24, 2.45) is 0 Å². The fourth-order valence-electron chi connectivity index (χ4n) is 2.77. The summed E-state index contributed by atoms with van der Waals surface area (Å²) in [6.45, 7) is 0. The summed E-state index contributed by atoms with van der Waals surface area (Å²) in [7, 11) is 0. The molecule has 3 N–H and O–H groups in total. The lowest BCUT2D eigenvalue weighted by molar-refractivity contribution is 0.475. The third-order valence-corrected chi connectivity index (χ3v) is 3.90. The van der Waals surface area contributed by atoms with E-state index in [4.69, 9.17) is 5.73 Å². The van der Waals surface area contributed by atoms with Crippen molar-refractivity contribution in [3.05, 3.63) is 67.1 Å². The maximum atomic E-state index is 9.75. The molecular weight excluding hydrogens is 300 g/mol. The van der Waals surface area contributed by atoms with Gasteiger partial charge in [0.1, 0.15) is 17.9 Å². The van der Waals surface area contributed by atoms with E-state index in [1.165, 1.54) is 6.33 Å². The highest BCUT2D eigenvalue weighted by Crippen LogP contribution is 2.33. The highest BCUT2D eigenvalue weighted by atomic mass is 16.3. The quantitative estimate of drug-likeness (QED) is 0.590. The summed E-state index contributed by atoms with van der Waals surface area (Å²) in [5, 5.41) is 10.6. The predicted octanol–water partition coefficient (Wildman–Crippen LogP) is 3.65. The Balaban J connectivity index is 1.93. The van der Waals surface area contributed by atoms with Gasteiger partial charge in [-0.05, 0) is 35.9 Å². The Hall–Kier alpha value is -3.47. The molecule has 2 aromatic carbocycles. The average Bonchev–Trinajstić information content (AvgIpc) is 2.62. The Morgan fingerprint density at radius 1 is 0.833 bits per heavy atom. The SMILES string of the molecule is Nc1ncnc2ccc(-c3cccnc3-c3cccc(O)c3)cc12.